The first-order chi connectivity index (χ1) is 12.3. The average molecular weight is 377 g/mol. The Morgan fingerprint density at radius 3 is 2.77 bits per heavy atom. The van der Waals surface area contributed by atoms with Crippen LogP contribution in [0.1, 0.15) is 5.56 Å². The topological polar surface area (TPSA) is 93.7 Å². The largest absolute Gasteiger partial charge is 0.481 e. The van der Waals surface area contributed by atoms with Crippen LogP contribution in [-0.4, -0.2) is 72.7 Å². The van der Waals surface area contributed by atoms with E-state index in [2.05, 4.69) is 16.0 Å². The number of carboxylic acids is 1. The third kappa shape index (κ3) is 2.82. The van der Waals surface area contributed by atoms with Crippen molar-refractivity contribution in [1.29, 1.82) is 0 Å². The van der Waals surface area contributed by atoms with Crippen molar-refractivity contribution in [2.75, 3.05) is 39.0 Å². The summed E-state index contributed by atoms with van der Waals surface area (Å²) >= 11 is 0. The van der Waals surface area contributed by atoms with Crippen LogP contribution in [-0.2, 0) is 21.2 Å². The van der Waals surface area contributed by atoms with Gasteiger partial charge in [0.25, 0.3) is 0 Å². The number of nitrogens with zero attached hydrogens (tertiary/aromatic N) is 2. The van der Waals surface area contributed by atoms with Gasteiger partial charge in [-0.15, -0.1) is 0 Å². The predicted octanol–water partition coefficient (Wildman–Crippen LogP) is 0.988. The van der Waals surface area contributed by atoms with Gasteiger partial charge in [0, 0.05) is 55.7 Å². The molecule has 1 aromatic carbocycles. The molecule has 2 N–H and O–H groups in total. The molecule has 2 aromatic rings. The molecule has 0 aliphatic carbocycles. The van der Waals surface area contributed by atoms with Gasteiger partial charge in [0.15, 0.2) is 0 Å². The molecule has 2 atom stereocenters. The molecule has 0 radical (unpaired) electrons. The van der Waals surface area contributed by atoms with Crippen molar-refractivity contribution in [3.8, 4) is 0 Å². The summed E-state index contributed by atoms with van der Waals surface area (Å²) in [5, 5.41) is 11.0. The van der Waals surface area contributed by atoms with Gasteiger partial charge < -0.3 is 15.0 Å². The van der Waals surface area contributed by atoms with Crippen LogP contribution in [0, 0.1) is 11.3 Å². The molecule has 2 saturated heterocycles. The highest BCUT2D eigenvalue weighted by Crippen LogP contribution is 2.43. The van der Waals surface area contributed by atoms with Crippen molar-refractivity contribution in [2.24, 2.45) is 11.3 Å². The lowest BCUT2D eigenvalue weighted by Crippen LogP contribution is -2.42. The van der Waals surface area contributed by atoms with Gasteiger partial charge in [-0.05, 0) is 18.1 Å². The van der Waals surface area contributed by atoms with Crippen molar-refractivity contribution >= 4 is 26.9 Å². The zero-order valence-electron chi connectivity index (χ0n) is 14.7. The lowest BCUT2D eigenvalue weighted by atomic mass is 9.81. The van der Waals surface area contributed by atoms with Gasteiger partial charge in [-0.2, -0.15) is 0 Å². The highest BCUT2D eigenvalue weighted by Gasteiger charge is 2.58. The highest BCUT2D eigenvalue weighted by molar-refractivity contribution is 7.88. The Bertz CT molecular complexity index is 954. The van der Waals surface area contributed by atoms with Crippen LogP contribution in [0.5, 0.6) is 0 Å². The minimum Gasteiger partial charge on any atom is -0.481 e. The molecule has 0 bridgehead atoms. The first-order valence-electron chi connectivity index (χ1n) is 8.75. The molecular weight excluding hydrogens is 354 g/mol. The van der Waals surface area contributed by atoms with Gasteiger partial charge in [0.2, 0.25) is 10.0 Å². The molecule has 0 saturated carbocycles. The number of likely N-dealkylation sites (tertiary alicyclic amines) is 1. The van der Waals surface area contributed by atoms with Gasteiger partial charge in [0.05, 0.1) is 11.7 Å². The maximum absolute atomic E-state index is 12.0. The lowest BCUT2D eigenvalue weighted by molar-refractivity contribution is -0.148. The van der Waals surface area contributed by atoms with Crippen LogP contribution in [0.3, 0.4) is 0 Å². The summed E-state index contributed by atoms with van der Waals surface area (Å²) in [6.07, 6.45) is 4.00. The summed E-state index contributed by atoms with van der Waals surface area (Å²) in [6, 6.07) is 8.13. The van der Waals surface area contributed by atoms with Crippen LogP contribution in [0.4, 0.5) is 0 Å². The Morgan fingerprint density at radius 1 is 1.31 bits per heavy atom. The summed E-state index contributed by atoms with van der Waals surface area (Å²) in [7, 11) is -3.36. The number of hydrogen-bond acceptors (Lipinski definition) is 4. The monoisotopic (exact) mass is 377 g/mol. The third-order valence-corrected chi connectivity index (χ3v) is 7.13. The number of H-pyrrole nitrogens is 1. The van der Waals surface area contributed by atoms with Gasteiger partial charge in [-0.3, -0.25) is 4.79 Å². The van der Waals surface area contributed by atoms with Crippen molar-refractivity contribution in [3.05, 3.63) is 36.0 Å². The smallest absolute Gasteiger partial charge is 0.312 e. The van der Waals surface area contributed by atoms with E-state index in [1.54, 1.807) is 0 Å². The molecular formula is C18H23N3O4S. The highest BCUT2D eigenvalue weighted by atomic mass is 32.2. The number of sulfonamides is 1. The van der Waals surface area contributed by atoms with E-state index >= 15 is 0 Å². The molecule has 8 heteroatoms. The standard InChI is InChI=1S/C18H23N3O4S/c1-26(24,25)21-10-14-9-20(11-18(14,12-21)17(22)23)7-6-13-8-19-16-5-3-2-4-15(13)16/h2-5,8,14,19H,6-7,9-12H2,1H3,(H,22,23)/t14-,18-/m0/s1. The van der Waals surface area contributed by atoms with E-state index in [9.17, 15) is 18.3 Å². The molecule has 0 unspecified atom stereocenters. The fourth-order valence-corrected chi connectivity index (χ4v) is 5.38. The minimum absolute atomic E-state index is 0.0788. The van der Waals surface area contributed by atoms with E-state index in [-0.39, 0.29) is 12.5 Å². The van der Waals surface area contributed by atoms with Crippen molar-refractivity contribution in [1.82, 2.24) is 14.2 Å². The Hall–Kier alpha value is -1.90. The average Bonchev–Trinajstić information content (AvgIpc) is 3.22. The molecule has 0 amide bonds. The fraction of sp³-hybridized carbons (Fsp3) is 0.500. The van der Waals surface area contributed by atoms with Crippen molar-refractivity contribution in [3.63, 3.8) is 0 Å². The Kier molecular flexibility index (Phi) is 4.09. The Balaban J connectivity index is 1.47. The molecule has 3 heterocycles. The molecule has 0 spiro atoms. The number of rotatable bonds is 5. The van der Waals surface area contributed by atoms with E-state index < -0.39 is 21.4 Å². The summed E-state index contributed by atoms with van der Waals surface area (Å²) in [4.78, 5) is 17.4. The van der Waals surface area contributed by atoms with E-state index in [4.69, 9.17) is 0 Å². The van der Waals surface area contributed by atoms with E-state index in [0.29, 0.717) is 19.6 Å². The predicted molar refractivity (Wildman–Crippen MR) is 98.4 cm³/mol. The van der Waals surface area contributed by atoms with Gasteiger partial charge in [-0.1, -0.05) is 18.2 Å². The van der Waals surface area contributed by atoms with Crippen LogP contribution in [0.15, 0.2) is 30.5 Å². The van der Waals surface area contributed by atoms with Gasteiger partial charge in [-0.25, -0.2) is 12.7 Å². The molecule has 2 fully saturated rings. The third-order valence-electron chi connectivity index (χ3n) is 5.92. The van der Waals surface area contributed by atoms with E-state index in [1.807, 2.05) is 24.4 Å². The second kappa shape index (κ2) is 6.07. The second-order valence-corrected chi connectivity index (χ2v) is 9.54. The van der Waals surface area contributed by atoms with Crippen LogP contribution in [0.2, 0.25) is 0 Å². The van der Waals surface area contributed by atoms with Crippen molar-refractivity contribution < 1.29 is 18.3 Å². The molecule has 2 aliphatic rings. The van der Waals surface area contributed by atoms with Crippen LogP contribution >= 0.6 is 0 Å². The number of nitrogens with one attached hydrogen (secondary N) is 1. The number of carbonyl (C=O) groups is 1. The number of para-hydroxylation sites is 1. The zero-order chi connectivity index (χ0) is 18.5. The molecule has 26 heavy (non-hydrogen) atoms. The number of hydrogen-bond donors (Lipinski definition) is 2. The lowest BCUT2D eigenvalue weighted by Gasteiger charge is -2.24. The van der Waals surface area contributed by atoms with Gasteiger partial charge in [0.1, 0.15) is 0 Å². The Labute approximate surface area is 152 Å². The normalized spacial score (nSPS) is 27.2. The Morgan fingerprint density at radius 2 is 2.08 bits per heavy atom. The molecule has 1 aromatic heterocycles. The van der Waals surface area contributed by atoms with Crippen LogP contribution < -0.4 is 0 Å². The molecule has 4 rings (SSSR count). The van der Waals surface area contributed by atoms with Crippen molar-refractivity contribution in [2.45, 2.75) is 6.42 Å². The first kappa shape index (κ1) is 17.5. The molecule has 140 valence electrons. The molecule has 7 nitrogen and oxygen atoms in total. The number of aromatic nitrogens is 1. The number of fused-ring (bicyclic) bond motifs is 2. The van der Waals surface area contributed by atoms with E-state index in [1.165, 1.54) is 15.3 Å². The molecule has 2 aliphatic heterocycles. The second-order valence-electron chi connectivity index (χ2n) is 7.56. The summed E-state index contributed by atoms with van der Waals surface area (Å²) in [5.41, 5.74) is 1.34. The summed E-state index contributed by atoms with van der Waals surface area (Å²) < 4.78 is 25.0. The number of carboxylic acid groups (broad SMARTS) is 1. The number of benzene rings is 1. The minimum atomic E-state index is -3.36. The fourth-order valence-electron chi connectivity index (χ4n) is 4.47. The van der Waals surface area contributed by atoms with Crippen LogP contribution in [0.25, 0.3) is 10.9 Å². The SMILES string of the molecule is CS(=O)(=O)N1C[C@@H]2CN(CCc3c[nH]c4ccccc34)C[C@]2(C(=O)O)C1. The zero-order valence-corrected chi connectivity index (χ0v) is 15.5. The summed E-state index contributed by atoms with van der Waals surface area (Å²) in [6.45, 7) is 2.18. The first-order valence-corrected chi connectivity index (χ1v) is 10.6. The number of aliphatic carboxylic acids is 1. The maximum Gasteiger partial charge on any atom is 0.312 e. The van der Waals surface area contributed by atoms with Gasteiger partial charge >= 0.3 is 5.97 Å². The number of aromatic amines is 1. The summed E-state index contributed by atoms with van der Waals surface area (Å²) in [5.74, 6) is -1.04. The quantitative estimate of drug-likeness (QED) is 0.810. The maximum atomic E-state index is 12.0. The van der Waals surface area contributed by atoms with E-state index in [0.717, 1.165) is 24.7 Å².